The van der Waals surface area contributed by atoms with Crippen LogP contribution in [0.25, 0.3) is 10.8 Å². The molecule has 0 saturated heterocycles. The Bertz CT molecular complexity index is 827. The van der Waals surface area contributed by atoms with Crippen LogP contribution in [0.15, 0.2) is 65.6 Å². The van der Waals surface area contributed by atoms with Gasteiger partial charge in [-0.15, -0.1) is 0 Å². The van der Waals surface area contributed by atoms with Crippen molar-refractivity contribution < 1.29 is 8.60 Å². The second kappa shape index (κ2) is 5.66. The van der Waals surface area contributed by atoms with Crippen LogP contribution in [0.3, 0.4) is 0 Å². The normalized spacial score (nSPS) is 12.4. The molecule has 1 unspecified atom stereocenters. The molecule has 0 heterocycles. The maximum atomic E-state index is 13.1. The standard InChI is InChI=1S/C17H14FNOS/c18-14-8-9-17(16(19)10-14)21(20)11-13-6-3-5-12-4-1-2-7-15(12)13/h1-10H,11,19H2. The molecule has 0 aliphatic heterocycles. The van der Waals surface area contributed by atoms with E-state index < -0.39 is 16.6 Å². The zero-order valence-corrected chi connectivity index (χ0v) is 12.1. The molecule has 0 aliphatic carbocycles. The minimum absolute atomic E-state index is 0.230. The van der Waals surface area contributed by atoms with Gasteiger partial charge in [0.15, 0.2) is 0 Å². The van der Waals surface area contributed by atoms with E-state index in [1.807, 2.05) is 42.5 Å². The van der Waals surface area contributed by atoms with Gasteiger partial charge in [-0.2, -0.15) is 0 Å². The molecular formula is C17H14FNOS. The van der Waals surface area contributed by atoms with Crippen molar-refractivity contribution in [2.24, 2.45) is 0 Å². The van der Waals surface area contributed by atoms with Crippen LogP contribution in [0.1, 0.15) is 5.56 Å². The number of anilines is 1. The Labute approximate surface area is 124 Å². The summed E-state index contributed by atoms with van der Waals surface area (Å²) in [5.74, 6) is -0.0598. The van der Waals surface area contributed by atoms with Crippen molar-refractivity contribution >= 4 is 27.3 Å². The third-order valence-corrected chi connectivity index (χ3v) is 4.82. The summed E-state index contributed by atoms with van der Waals surface area (Å²) in [7, 11) is -1.30. The molecule has 0 spiro atoms. The predicted octanol–water partition coefficient (Wildman–Crippen LogP) is 3.87. The molecule has 1 atom stereocenters. The lowest BCUT2D eigenvalue weighted by molar-refractivity contribution is 0.627. The summed E-state index contributed by atoms with van der Waals surface area (Å²) in [5, 5.41) is 2.19. The fourth-order valence-corrected chi connectivity index (χ4v) is 3.60. The highest BCUT2D eigenvalue weighted by atomic mass is 32.2. The van der Waals surface area contributed by atoms with Crippen LogP contribution >= 0.6 is 0 Å². The quantitative estimate of drug-likeness (QED) is 0.746. The molecule has 0 bridgehead atoms. The summed E-state index contributed by atoms with van der Waals surface area (Å²) in [6, 6.07) is 17.9. The SMILES string of the molecule is Nc1cc(F)ccc1S(=O)Cc1cccc2ccccc12. The summed E-state index contributed by atoms with van der Waals surface area (Å²) < 4.78 is 25.6. The number of halogens is 1. The van der Waals surface area contributed by atoms with Crippen molar-refractivity contribution in [2.45, 2.75) is 10.6 Å². The molecule has 0 aliphatic rings. The van der Waals surface area contributed by atoms with E-state index in [9.17, 15) is 8.60 Å². The highest BCUT2D eigenvalue weighted by Gasteiger charge is 2.11. The molecule has 4 heteroatoms. The van der Waals surface area contributed by atoms with Crippen molar-refractivity contribution in [1.82, 2.24) is 0 Å². The van der Waals surface area contributed by atoms with Gasteiger partial charge in [-0.1, -0.05) is 42.5 Å². The average Bonchev–Trinajstić information content (AvgIpc) is 2.47. The molecule has 2 N–H and O–H groups in total. The van der Waals surface area contributed by atoms with Gasteiger partial charge in [0.05, 0.1) is 27.1 Å². The third kappa shape index (κ3) is 2.81. The largest absolute Gasteiger partial charge is 0.398 e. The first-order chi connectivity index (χ1) is 10.1. The number of fused-ring (bicyclic) bond motifs is 1. The lowest BCUT2D eigenvalue weighted by Crippen LogP contribution is -2.02. The van der Waals surface area contributed by atoms with Gasteiger partial charge < -0.3 is 5.73 Å². The van der Waals surface area contributed by atoms with Crippen molar-refractivity contribution in [3.05, 3.63) is 72.0 Å². The van der Waals surface area contributed by atoms with Crippen LogP contribution in [0.4, 0.5) is 10.1 Å². The van der Waals surface area contributed by atoms with E-state index in [-0.39, 0.29) is 5.69 Å². The topological polar surface area (TPSA) is 43.1 Å². The van der Waals surface area contributed by atoms with Crippen LogP contribution in [0.2, 0.25) is 0 Å². The molecule has 3 rings (SSSR count). The van der Waals surface area contributed by atoms with E-state index in [1.165, 1.54) is 18.2 Å². The maximum Gasteiger partial charge on any atom is 0.125 e. The van der Waals surface area contributed by atoms with Gasteiger partial charge in [-0.25, -0.2) is 4.39 Å². The lowest BCUT2D eigenvalue weighted by atomic mass is 10.1. The van der Waals surface area contributed by atoms with Gasteiger partial charge in [0.25, 0.3) is 0 Å². The van der Waals surface area contributed by atoms with Gasteiger partial charge >= 0.3 is 0 Å². The molecule has 0 fully saturated rings. The van der Waals surface area contributed by atoms with Crippen molar-refractivity contribution in [3.8, 4) is 0 Å². The van der Waals surface area contributed by atoms with E-state index in [0.717, 1.165) is 16.3 Å². The highest BCUT2D eigenvalue weighted by Crippen LogP contribution is 2.24. The number of nitrogens with two attached hydrogens (primary N) is 1. The second-order valence-electron chi connectivity index (χ2n) is 4.81. The number of hydrogen-bond acceptors (Lipinski definition) is 2. The van der Waals surface area contributed by atoms with Crippen molar-refractivity contribution in [2.75, 3.05) is 5.73 Å². The predicted molar refractivity (Wildman–Crippen MR) is 84.9 cm³/mol. The molecule has 0 aromatic heterocycles. The van der Waals surface area contributed by atoms with Crippen LogP contribution in [0, 0.1) is 5.82 Å². The summed E-state index contributed by atoms with van der Waals surface area (Å²) in [4.78, 5) is 0.476. The smallest absolute Gasteiger partial charge is 0.125 e. The number of benzene rings is 3. The molecule has 3 aromatic rings. The first kappa shape index (κ1) is 13.8. The fourth-order valence-electron chi connectivity index (χ4n) is 2.36. The van der Waals surface area contributed by atoms with Crippen LogP contribution in [-0.4, -0.2) is 4.21 Å². The summed E-state index contributed by atoms with van der Waals surface area (Å²) in [6.07, 6.45) is 0. The summed E-state index contributed by atoms with van der Waals surface area (Å²) >= 11 is 0. The Morgan fingerprint density at radius 3 is 2.57 bits per heavy atom. The first-order valence-electron chi connectivity index (χ1n) is 6.55. The van der Waals surface area contributed by atoms with Crippen LogP contribution in [-0.2, 0) is 16.6 Å². The molecule has 106 valence electrons. The Hall–Kier alpha value is -2.20. The molecule has 0 saturated carbocycles. The van der Waals surface area contributed by atoms with Crippen molar-refractivity contribution in [3.63, 3.8) is 0 Å². The van der Waals surface area contributed by atoms with Crippen molar-refractivity contribution in [1.29, 1.82) is 0 Å². The van der Waals surface area contributed by atoms with E-state index >= 15 is 0 Å². The molecular weight excluding hydrogens is 285 g/mol. The molecule has 2 nitrogen and oxygen atoms in total. The Morgan fingerprint density at radius 2 is 1.76 bits per heavy atom. The maximum absolute atomic E-state index is 13.1. The molecule has 0 radical (unpaired) electrons. The third-order valence-electron chi connectivity index (χ3n) is 3.38. The van der Waals surface area contributed by atoms with Crippen LogP contribution in [0.5, 0.6) is 0 Å². The number of nitrogen functional groups attached to an aromatic ring is 1. The minimum Gasteiger partial charge on any atom is -0.398 e. The number of rotatable bonds is 3. The van der Waals surface area contributed by atoms with Gasteiger partial charge in [0, 0.05) is 0 Å². The zero-order valence-electron chi connectivity index (χ0n) is 11.3. The number of hydrogen-bond donors (Lipinski definition) is 1. The monoisotopic (exact) mass is 299 g/mol. The molecule has 21 heavy (non-hydrogen) atoms. The first-order valence-corrected chi connectivity index (χ1v) is 7.87. The minimum atomic E-state index is -1.30. The lowest BCUT2D eigenvalue weighted by Gasteiger charge is -2.08. The zero-order chi connectivity index (χ0) is 14.8. The summed E-state index contributed by atoms with van der Waals surface area (Å²) in [5.41, 5.74) is 6.98. The second-order valence-corrected chi connectivity index (χ2v) is 6.23. The van der Waals surface area contributed by atoms with E-state index in [0.29, 0.717) is 10.6 Å². The Kier molecular flexibility index (Phi) is 3.71. The summed E-state index contributed by atoms with van der Waals surface area (Å²) in [6.45, 7) is 0. The fraction of sp³-hybridized carbons (Fsp3) is 0.0588. The van der Waals surface area contributed by atoms with E-state index in [4.69, 9.17) is 5.73 Å². The van der Waals surface area contributed by atoms with Gasteiger partial charge in [0.1, 0.15) is 5.82 Å². The molecule has 3 aromatic carbocycles. The van der Waals surface area contributed by atoms with Crippen LogP contribution < -0.4 is 5.73 Å². The van der Waals surface area contributed by atoms with Gasteiger partial charge in [0.2, 0.25) is 0 Å². The average molecular weight is 299 g/mol. The van der Waals surface area contributed by atoms with E-state index in [1.54, 1.807) is 0 Å². The van der Waals surface area contributed by atoms with Gasteiger partial charge in [-0.05, 0) is 34.5 Å². The Morgan fingerprint density at radius 1 is 1.00 bits per heavy atom. The Balaban J connectivity index is 1.97. The molecule has 0 amide bonds. The van der Waals surface area contributed by atoms with E-state index in [2.05, 4.69) is 0 Å². The highest BCUT2D eigenvalue weighted by molar-refractivity contribution is 7.84. The van der Waals surface area contributed by atoms with Gasteiger partial charge in [-0.3, -0.25) is 4.21 Å².